The maximum Gasteiger partial charge on any atom is 0.573 e. The first-order chi connectivity index (χ1) is 15.2. The third kappa shape index (κ3) is 4.64. The Morgan fingerprint density at radius 3 is 2.66 bits per heavy atom. The Kier molecular flexibility index (Phi) is 5.96. The van der Waals surface area contributed by atoms with E-state index in [1.807, 2.05) is 19.2 Å². The molecular weight excluding hydrogens is 443 g/mol. The van der Waals surface area contributed by atoms with Crippen LogP contribution in [0.4, 0.5) is 29.7 Å². The molecular formula is C22H20F3N3O3S. The van der Waals surface area contributed by atoms with Crippen LogP contribution in [0.1, 0.15) is 28.6 Å². The molecule has 1 amide bonds. The number of hydrogen-bond acceptors (Lipinski definition) is 6. The fourth-order valence-electron chi connectivity index (χ4n) is 3.45. The molecule has 1 N–H and O–H groups in total. The highest BCUT2D eigenvalue weighted by Crippen LogP contribution is 2.43. The highest BCUT2D eigenvalue weighted by Gasteiger charge is 2.33. The number of alkyl halides is 3. The largest absolute Gasteiger partial charge is 0.573 e. The summed E-state index contributed by atoms with van der Waals surface area (Å²) >= 11 is 1.57. The van der Waals surface area contributed by atoms with E-state index in [0.29, 0.717) is 23.6 Å². The van der Waals surface area contributed by atoms with Crippen molar-refractivity contribution in [1.29, 1.82) is 0 Å². The Morgan fingerprint density at radius 2 is 2.03 bits per heavy atom. The van der Waals surface area contributed by atoms with Gasteiger partial charge in [-0.1, -0.05) is 13.0 Å². The minimum absolute atomic E-state index is 0.0764. The van der Waals surface area contributed by atoms with Crippen molar-refractivity contribution in [2.75, 3.05) is 16.8 Å². The Bertz CT molecular complexity index is 1120. The number of amides is 1. The Balaban J connectivity index is 1.60. The lowest BCUT2D eigenvalue weighted by molar-refractivity contribution is -0.274. The Hall–Kier alpha value is -3.27. The van der Waals surface area contributed by atoms with Gasteiger partial charge in [0.15, 0.2) is 10.9 Å². The minimum Gasteiger partial charge on any atom is -0.488 e. The average Bonchev–Trinajstić information content (AvgIpc) is 3.18. The maximum absolute atomic E-state index is 13.0. The fraction of sp³-hybridized carbons (Fsp3) is 0.273. The van der Waals surface area contributed by atoms with Crippen LogP contribution in [0.3, 0.4) is 0 Å². The van der Waals surface area contributed by atoms with Crippen molar-refractivity contribution in [2.24, 2.45) is 0 Å². The second-order valence-corrected chi connectivity index (χ2v) is 8.39. The predicted molar refractivity (Wildman–Crippen MR) is 116 cm³/mol. The van der Waals surface area contributed by atoms with E-state index in [4.69, 9.17) is 4.74 Å². The van der Waals surface area contributed by atoms with E-state index in [1.54, 1.807) is 23.5 Å². The van der Waals surface area contributed by atoms with Crippen molar-refractivity contribution in [3.63, 3.8) is 0 Å². The van der Waals surface area contributed by atoms with Gasteiger partial charge in [-0.15, -0.1) is 24.5 Å². The molecule has 0 bridgehead atoms. The number of nitrogens with zero attached hydrogens (tertiary/aromatic N) is 2. The summed E-state index contributed by atoms with van der Waals surface area (Å²) in [7, 11) is 0. The summed E-state index contributed by atoms with van der Waals surface area (Å²) in [6.45, 7) is 4.45. The fourth-order valence-corrected chi connectivity index (χ4v) is 4.29. The lowest BCUT2D eigenvalue weighted by Gasteiger charge is -2.37. The number of aromatic nitrogens is 1. The monoisotopic (exact) mass is 463 g/mol. The molecule has 10 heteroatoms. The van der Waals surface area contributed by atoms with Crippen LogP contribution in [0, 0.1) is 6.92 Å². The molecule has 3 aromatic rings. The van der Waals surface area contributed by atoms with Gasteiger partial charge in [-0.05, 0) is 49.7 Å². The van der Waals surface area contributed by atoms with Gasteiger partial charge in [0.2, 0.25) is 0 Å². The summed E-state index contributed by atoms with van der Waals surface area (Å²) in [6, 6.07) is 10.3. The van der Waals surface area contributed by atoms with Crippen molar-refractivity contribution in [3.8, 4) is 11.5 Å². The Labute approximate surface area is 186 Å². The van der Waals surface area contributed by atoms with Gasteiger partial charge in [-0.2, -0.15) is 0 Å². The predicted octanol–water partition coefficient (Wildman–Crippen LogP) is 5.91. The number of benzene rings is 2. The molecule has 2 heterocycles. The number of anilines is 3. The van der Waals surface area contributed by atoms with E-state index in [9.17, 15) is 18.0 Å². The van der Waals surface area contributed by atoms with Crippen LogP contribution in [0.2, 0.25) is 0 Å². The standard InChI is InChI=1S/C22H20F3N3O3S/c1-3-15-12-30-19-17(5-4-6-18(19)28(15)21-26-11-13(2)32-21)20(29)27-14-7-9-16(10-8-14)31-22(23,24)25/h4-11,15H,3,12H2,1-2H3,(H,27,29)/t15-/m0/s1. The molecule has 0 saturated carbocycles. The van der Waals surface area contributed by atoms with E-state index >= 15 is 0 Å². The van der Waals surface area contributed by atoms with Crippen LogP contribution in [0.25, 0.3) is 0 Å². The van der Waals surface area contributed by atoms with Gasteiger partial charge in [0.25, 0.3) is 5.91 Å². The van der Waals surface area contributed by atoms with E-state index in [0.717, 1.165) is 34.2 Å². The van der Waals surface area contributed by atoms with Crippen LogP contribution in [0.15, 0.2) is 48.7 Å². The second kappa shape index (κ2) is 8.70. The normalized spacial score (nSPS) is 15.7. The van der Waals surface area contributed by atoms with Crippen LogP contribution in [-0.2, 0) is 0 Å². The van der Waals surface area contributed by atoms with Gasteiger partial charge in [0, 0.05) is 16.8 Å². The first kappa shape index (κ1) is 21.9. The number of halogens is 3. The summed E-state index contributed by atoms with van der Waals surface area (Å²) < 4.78 is 46.8. The molecule has 168 valence electrons. The summed E-state index contributed by atoms with van der Waals surface area (Å²) in [5.74, 6) is -0.355. The molecule has 2 aromatic carbocycles. The molecule has 6 nitrogen and oxygen atoms in total. The number of nitrogens with one attached hydrogen (secondary N) is 1. The number of rotatable bonds is 5. The molecule has 1 aromatic heterocycles. The number of fused-ring (bicyclic) bond motifs is 1. The van der Waals surface area contributed by atoms with Crippen LogP contribution < -0.4 is 19.7 Å². The van der Waals surface area contributed by atoms with E-state index in [-0.39, 0.29) is 11.8 Å². The number of para-hydroxylation sites is 1. The molecule has 32 heavy (non-hydrogen) atoms. The number of thiazole rings is 1. The number of ether oxygens (including phenoxy) is 2. The lowest BCUT2D eigenvalue weighted by atomic mass is 10.1. The van der Waals surface area contributed by atoms with Gasteiger partial charge < -0.3 is 19.7 Å². The highest BCUT2D eigenvalue weighted by atomic mass is 32.1. The molecule has 1 aliphatic heterocycles. The highest BCUT2D eigenvalue weighted by molar-refractivity contribution is 7.15. The summed E-state index contributed by atoms with van der Waals surface area (Å²) in [5.41, 5.74) is 1.40. The van der Waals surface area contributed by atoms with Crippen LogP contribution in [0.5, 0.6) is 11.5 Å². The smallest absolute Gasteiger partial charge is 0.488 e. The van der Waals surface area contributed by atoms with Crippen molar-refractivity contribution >= 4 is 33.8 Å². The van der Waals surface area contributed by atoms with Gasteiger partial charge >= 0.3 is 6.36 Å². The molecule has 4 rings (SSSR count). The van der Waals surface area contributed by atoms with Gasteiger partial charge in [-0.3, -0.25) is 4.79 Å². The quantitative estimate of drug-likeness (QED) is 0.510. The van der Waals surface area contributed by atoms with Gasteiger partial charge in [-0.25, -0.2) is 4.98 Å². The molecule has 1 aliphatic rings. The SMILES string of the molecule is CC[C@H]1COc2c(C(=O)Nc3ccc(OC(F)(F)F)cc3)cccc2N1c1ncc(C)s1. The zero-order valence-corrected chi connectivity index (χ0v) is 18.1. The lowest BCUT2D eigenvalue weighted by Crippen LogP contribution is -2.40. The third-order valence-corrected chi connectivity index (χ3v) is 5.83. The van der Waals surface area contributed by atoms with Crippen LogP contribution in [-0.4, -0.2) is 29.9 Å². The molecule has 0 unspecified atom stereocenters. The van der Waals surface area contributed by atoms with Crippen molar-refractivity contribution in [3.05, 3.63) is 59.1 Å². The second-order valence-electron chi connectivity index (χ2n) is 7.18. The van der Waals surface area contributed by atoms with Gasteiger partial charge in [0.05, 0.1) is 17.3 Å². The van der Waals surface area contributed by atoms with E-state index in [2.05, 4.69) is 26.9 Å². The summed E-state index contributed by atoms with van der Waals surface area (Å²) in [6.07, 6.45) is -2.13. The zero-order chi connectivity index (χ0) is 22.9. The molecule has 0 fully saturated rings. The summed E-state index contributed by atoms with van der Waals surface area (Å²) in [4.78, 5) is 20.6. The third-order valence-electron chi connectivity index (χ3n) is 4.92. The topological polar surface area (TPSA) is 63.7 Å². The first-order valence-corrected chi connectivity index (χ1v) is 10.7. The number of aryl methyl sites for hydroxylation is 1. The number of hydrogen-bond donors (Lipinski definition) is 1. The van der Waals surface area contributed by atoms with Gasteiger partial charge in [0.1, 0.15) is 12.4 Å². The average molecular weight is 463 g/mol. The molecule has 0 spiro atoms. The first-order valence-electron chi connectivity index (χ1n) is 9.90. The maximum atomic E-state index is 13.0. The minimum atomic E-state index is -4.77. The molecule has 0 saturated heterocycles. The molecule has 1 atom stereocenters. The number of carbonyl (C=O) groups excluding carboxylic acids is 1. The van der Waals surface area contributed by atoms with Crippen molar-refractivity contribution in [2.45, 2.75) is 32.7 Å². The Morgan fingerprint density at radius 1 is 1.28 bits per heavy atom. The zero-order valence-electron chi connectivity index (χ0n) is 17.3. The summed E-state index contributed by atoms with van der Waals surface area (Å²) in [5, 5.41) is 3.53. The van der Waals surface area contributed by atoms with E-state index < -0.39 is 12.3 Å². The van der Waals surface area contributed by atoms with Crippen molar-refractivity contribution in [1.82, 2.24) is 4.98 Å². The number of carbonyl (C=O) groups is 1. The molecule has 0 radical (unpaired) electrons. The van der Waals surface area contributed by atoms with Crippen LogP contribution >= 0.6 is 11.3 Å². The van der Waals surface area contributed by atoms with Crippen molar-refractivity contribution < 1.29 is 27.4 Å². The molecule has 0 aliphatic carbocycles. The van der Waals surface area contributed by atoms with E-state index in [1.165, 1.54) is 12.1 Å².